The fourth-order valence-corrected chi connectivity index (χ4v) is 1.38. The molecule has 0 bridgehead atoms. The van der Waals surface area contributed by atoms with E-state index in [0.717, 1.165) is 11.3 Å². The van der Waals surface area contributed by atoms with Crippen LogP contribution in [-0.4, -0.2) is 17.6 Å². The van der Waals surface area contributed by atoms with Gasteiger partial charge in [-0.25, -0.2) is 0 Å². The van der Waals surface area contributed by atoms with E-state index in [2.05, 4.69) is 5.16 Å². The molecule has 1 atom stereocenters. The second-order valence-corrected chi connectivity index (χ2v) is 3.50. The Hall–Kier alpha value is -1.64. The van der Waals surface area contributed by atoms with E-state index >= 15 is 0 Å². The molecule has 3 nitrogen and oxygen atoms in total. The second-order valence-electron chi connectivity index (χ2n) is 3.50. The molecule has 0 N–H and O–H groups in total. The average molecular weight is 188 g/mol. The van der Waals surface area contributed by atoms with E-state index < -0.39 is 5.60 Å². The lowest BCUT2D eigenvalue weighted by Gasteiger charge is -2.10. The van der Waals surface area contributed by atoms with Gasteiger partial charge >= 0.3 is 0 Å². The van der Waals surface area contributed by atoms with E-state index in [1.165, 1.54) is 0 Å². The average Bonchev–Trinajstić information content (AvgIpc) is 2.63. The third kappa shape index (κ3) is 1.53. The van der Waals surface area contributed by atoms with Crippen molar-refractivity contribution in [3.05, 3.63) is 35.9 Å². The van der Waals surface area contributed by atoms with Crippen molar-refractivity contribution in [3.63, 3.8) is 0 Å². The van der Waals surface area contributed by atoms with E-state index in [0.29, 0.717) is 6.42 Å². The van der Waals surface area contributed by atoms with Crippen LogP contribution in [0.25, 0.3) is 0 Å². The van der Waals surface area contributed by atoms with Crippen LogP contribution in [0.3, 0.4) is 0 Å². The molecule has 1 aliphatic heterocycles. The Balaban J connectivity index is 2.21. The summed E-state index contributed by atoms with van der Waals surface area (Å²) < 4.78 is 0. The van der Waals surface area contributed by atoms with E-state index in [-0.39, 0.29) is 0 Å². The summed E-state index contributed by atoms with van der Waals surface area (Å²) in [6.07, 6.45) is 2.34. The highest BCUT2D eigenvalue weighted by atomic mass is 16.7. The largest absolute Gasteiger partial charge is 0.380 e. The van der Waals surface area contributed by atoms with Crippen LogP contribution in [-0.2, 0) is 9.63 Å². The van der Waals surface area contributed by atoms with E-state index in [1.807, 2.05) is 36.6 Å². The zero-order chi connectivity index (χ0) is 10.0. The molecule has 3 heteroatoms. The van der Waals surface area contributed by atoms with Gasteiger partial charge in [-0.1, -0.05) is 35.5 Å². The molecule has 1 heterocycles. The van der Waals surface area contributed by atoms with E-state index in [4.69, 9.17) is 4.84 Å². The van der Waals surface area contributed by atoms with Crippen LogP contribution >= 0.6 is 0 Å². The zero-order valence-electron chi connectivity index (χ0n) is 7.86. The number of carbonyl (C=O) groups excluding carboxylic acids is 1. The van der Waals surface area contributed by atoms with Crippen LogP contribution in [0.15, 0.2) is 35.5 Å². The molecule has 0 spiro atoms. The molecule has 1 aliphatic rings. The third-order valence-corrected chi connectivity index (χ3v) is 2.19. The van der Waals surface area contributed by atoms with Crippen molar-refractivity contribution in [3.8, 4) is 0 Å². The lowest BCUT2D eigenvalue weighted by Crippen LogP contribution is -2.26. The molecule has 1 unspecified atom stereocenters. The van der Waals surface area contributed by atoms with Crippen molar-refractivity contribution >= 4 is 12.0 Å². The predicted molar refractivity (Wildman–Crippen MR) is 52.8 cm³/mol. The van der Waals surface area contributed by atoms with Crippen molar-refractivity contribution < 1.29 is 9.63 Å². The van der Waals surface area contributed by atoms with Gasteiger partial charge in [0.1, 0.15) is 0 Å². The van der Waals surface area contributed by atoms with Gasteiger partial charge in [0.15, 0.2) is 0 Å². The molecule has 0 saturated carbocycles. The second kappa shape index (κ2) is 3.25. The quantitative estimate of drug-likeness (QED) is 0.708. The highest BCUT2D eigenvalue weighted by molar-refractivity contribution is 6.03. The molecule has 1 aromatic rings. The third-order valence-electron chi connectivity index (χ3n) is 2.19. The summed E-state index contributed by atoms with van der Waals surface area (Å²) in [4.78, 5) is 15.6. The predicted octanol–water partition coefficient (Wildman–Crippen LogP) is 1.68. The molecule has 1 aromatic carbocycles. The summed E-state index contributed by atoms with van der Waals surface area (Å²) in [5.41, 5.74) is 0.897. The SMILES string of the molecule is CC1([C]=O)CC(c2ccccc2)=NO1. The summed E-state index contributed by atoms with van der Waals surface area (Å²) in [7, 11) is 0. The summed E-state index contributed by atoms with van der Waals surface area (Å²) >= 11 is 0. The molecular formula is C11H10NO2. The van der Waals surface area contributed by atoms with Gasteiger partial charge in [0.25, 0.3) is 0 Å². The summed E-state index contributed by atoms with van der Waals surface area (Å²) in [5, 5.41) is 3.88. The Morgan fingerprint density at radius 2 is 2.14 bits per heavy atom. The summed E-state index contributed by atoms with van der Waals surface area (Å²) in [5.74, 6) is 0. The molecule has 14 heavy (non-hydrogen) atoms. The maximum Gasteiger partial charge on any atom is 0.249 e. The Morgan fingerprint density at radius 3 is 2.71 bits per heavy atom. The van der Waals surface area contributed by atoms with Crippen LogP contribution in [0.1, 0.15) is 18.9 Å². The highest BCUT2D eigenvalue weighted by Gasteiger charge is 2.35. The number of hydrogen-bond donors (Lipinski definition) is 0. The van der Waals surface area contributed by atoms with Gasteiger partial charge in [0.05, 0.1) is 5.71 Å². The highest BCUT2D eigenvalue weighted by Crippen LogP contribution is 2.24. The number of rotatable bonds is 2. The van der Waals surface area contributed by atoms with Crippen molar-refractivity contribution in [2.45, 2.75) is 18.9 Å². The van der Waals surface area contributed by atoms with Crippen LogP contribution < -0.4 is 0 Å². The van der Waals surface area contributed by atoms with Crippen molar-refractivity contribution in [2.24, 2.45) is 5.16 Å². The first-order valence-electron chi connectivity index (χ1n) is 4.43. The Bertz CT molecular complexity index is 372. The van der Waals surface area contributed by atoms with Crippen LogP contribution in [0.4, 0.5) is 0 Å². The van der Waals surface area contributed by atoms with Gasteiger partial charge in [0, 0.05) is 6.42 Å². The molecule has 2 rings (SSSR count). The molecule has 1 radical (unpaired) electrons. The van der Waals surface area contributed by atoms with Gasteiger partial charge < -0.3 is 4.84 Å². The maximum absolute atomic E-state index is 10.6. The first kappa shape index (κ1) is 8.94. The first-order valence-corrected chi connectivity index (χ1v) is 4.43. The minimum atomic E-state index is -0.898. The normalized spacial score (nSPS) is 25.4. The lowest BCUT2D eigenvalue weighted by atomic mass is 9.97. The monoisotopic (exact) mass is 188 g/mol. The van der Waals surface area contributed by atoms with Gasteiger partial charge in [-0.3, -0.25) is 4.79 Å². The first-order chi connectivity index (χ1) is 6.73. The van der Waals surface area contributed by atoms with Crippen LogP contribution in [0.5, 0.6) is 0 Å². The molecule has 0 aromatic heterocycles. The zero-order valence-corrected chi connectivity index (χ0v) is 7.86. The Morgan fingerprint density at radius 1 is 1.43 bits per heavy atom. The number of benzene rings is 1. The number of hydrogen-bond acceptors (Lipinski definition) is 3. The van der Waals surface area contributed by atoms with Gasteiger partial charge in [-0.15, -0.1) is 0 Å². The standard InChI is InChI=1S/C11H10NO2/c1-11(8-13)7-10(12-14-11)9-5-3-2-4-6-9/h2-6H,7H2,1H3. The molecular weight excluding hydrogens is 178 g/mol. The fourth-order valence-electron chi connectivity index (χ4n) is 1.38. The van der Waals surface area contributed by atoms with Crippen LogP contribution in [0, 0.1) is 0 Å². The topological polar surface area (TPSA) is 38.7 Å². The van der Waals surface area contributed by atoms with E-state index in [9.17, 15) is 4.79 Å². The summed E-state index contributed by atoms with van der Waals surface area (Å²) in [6, 6.07) is 9.68. The van der Waals surface area contributed by atoms with Gasteiger partial charge in [-0.05, 0) is 12.5 Å². The Labute approximate surface area is 82.4 Å². The van der Waals surface area contributed by atoms with Crippen molar-refractivity contribution in [1.82, 2.24) is 0 Å². The fraction of sp³-hybridized carbons (Fsp3) is 0.273. The molecule has 0 aliphatic carbocycles. The van der Waals surface area contributed by atoms with Crippen LogP contribution in [0.2, 0.25) is 0 Å². The lowest BCUT2D eigenvalue weighted by molar-refractivity contribution is 0.0502. The smallest absolute Gasteiger partial charge is 0.249 e. The minimum absolute atomic E-state index is 0.487. The number of nitrogens with zero attached hydrogens (tertiary/aromatic N) is 1. The van der Waals surface area contributed by atoms with Gasteiger partial charge in [0.2, 0.25) is 11.9 Å². The van der Waals surface area contributed by atoms with Crippen molar-refractivity contribution in [2.75, 3.05) is 0 Å². The molecule has 0 saturated heterocycles. The van der Waals surface area contributed by atoms with E-state index in [1.54, 1.807) is 6.92 Å². The molecule has 71 valence electrons. The number of oxime groups is 1. The molecule has 0 amide bonds. The van der Waals surface area contributed by atoms with Crippen molar-refractivity contribution in [1.29, 1.82) is 0 Å². The molecule has 0 fully saturated rings. The summed E-state index contributed by atoms with van der Waals surface area (Å²) in [6.45, 7) is 1.68. The minimum Gasteiger partial charge on any atom is -0.380 e. The van der Waals surface area contributed by atoms with Gasteiger partial charge in [-0.2, -0.15) is 0 Å². The maximum atomic E-state index is 10.6. The Kier molecular flexibility index (Phi) is 2.08.